The topological polar surface area (TPSA) is 52.6 Å². The maximum atomic E-state index is 4.80. The third kappa shape index (κ3) is 6.31. The Kier molecular flexibility index (Phi) is 7.86. The van der Waals surface area contributed by atoms with Crippen LogP contribution in [-0.4, -0.2) is 48.1 Å². The van der Waals surface area contributed by atoms with Gasteiger partial charge in [-0.05, 0) is 39.2 Å². The molecule has 5 nitrogen and oxygen atoms in total. The zero-order valence-electron chi connectivity index (χ0n) is 17.4. The Labute approximate surface area is 173 Å². The first-order chi connectivity index (χ1) is 13.6. The van der Waals surface area contributed by atoms with Crippen molar-refractivity contribution in [2.45, 2.75) is 52.6 Å². The number of hydrogen-bond donors (Lipinski definition) is 2. The van der Waals surface area contributed by atoms with Gasteiger partial charge in [-0.25, -0.2) is 4.98 Å². The van der Waals surface area contributed by atoms with Crippen LogP contribution in [0.15, 0.2) is 35.3 Å². The Morgan fingerprint density at radius 1 is 1.21 bits per heavy atom. The van der Waals surface area contributed by atoms with Crippen LogP contribution in [0.1, 0.15) is 40.9 Å². The summed E-state index contributed by atoms with van der Waals surface area (Å²) in [5.74, 6) is 0.947. The normalized spacial score (nSPS) is 16.3. The summed E-state index contributed by atoms with van der Waals surface area (Å²) in [4.78, 5) is 13.2. The van der Waals surface area contributed by atoms with Gasteiger partial charge in [0.15, 0.2) is 5.96 Å². The highest BCUT2D eigenvalue weighted by Gasteiger charge is 2.20. The zero-order chi connectivity index (χ0) is 19.8. The van der Waals surface area contributed by atoms with Crippen LogP contribution >= 0.6 is 11.3 Å². The quantitative estimate of drug-likeness (QED) is 0.552. The molecule has 1 aromatic heterocycles. The Bertz CT molecular complexity index is 748. The third-order valence-electron chi connectivity index (χ3n) is 5.13. The van der Waals surface area contributed by atoms with Gasteiger partial charge in [-0.3, -0.25) is 9.89 Å². The number of benzene rings is 1. The lowest BCUT2D eigenvalue weighted by molar-refractivity contribution is 0.198. The van der Waals surface area contributed by atoms with Crippen LogP contribution in [0.3, 0.4) is 0 Å². The fraction of sp³-hybridized carbons (Fsp3) is 0.545. The highest BCUT2D eigenvalue weighted by Crippen LogP contribution is 2.17. The summed E-state index contributed by atoms with van der Waals surface area (Å²) in [7, 11) is 0. The first kappa shape index (κ1) is 20.8. The monoisotopic (exact) mass is 399 g/mol. The number of guanidine groups is 1. The highest BCUT2D eigenvalue weighted by atomic mass is 32.1. The molecule has 0 saturated carbocycles. The molecule has 152 valence electrons. The number of nitrogens with one attached hydrogen (secondary N) is 2. The predicted octanol–water partition coefficient (Wildman–Crippen LogP) is 3.52. The molecule has 28 heavy (non-hydrogen) atoms. The minimum atomic E-state index is 0.497. The Morgan fingerprint density at radius 3 is 2.61 bits per heavy atom. The lowest BCUT2D eigenvalue weighted by Crippen LogP contribution is -2.48. The fourth-order valence-electron chi connectivity index (χ4n) is 3.67. The van der Waals surface area contributed by atoms with Crippen molar-refractivity contribution in [3.63, 3.8) is 0 Å². The van der Waals surface area contributed by atoms with E-state index in [-0.39, 0.29) is 0 Å². The summed E-state index contributed by atoms with van der Waals surface area (Å²) in [6.45, 7) is 11.3. The number of nitrogens with zero attached hydrogens (tertiary/aromatic N) is 3. The molecular formula is C22H33N5S. The molecule has 1 aliphatic heterocycles. The van der Waals surface area contributed by atoms with Gasteiger partial charge in [-0.2, -0.15) is 0 Å². The van der Waals surface area contributed by atoms with Crippen LogP contribution in [0, 0.1) is 13.8 Å². The predicted molar refractivity (Wildman–Crippen MR) is 119 cm³/mol. The van der Waals surface area contributed by atoms with Crippen LogP contribution in [0.4, 0.5) is 0 Å². The van der Waals surface area contributed by atoms with Gasteiger partial charge < -0.3 is 10.6 Å². The minimum Gasteiger partial charge on any atom is -0.357 e. The largest absolute Gasteiger partial charge is 0.357 e. The summed E-state index contributed by atoms with van der Waals surface area (Å²) < 4.78 is 0. The first-order valence-electron chi connectivity index (χ1n) is 10.4. The summed E-state index contributed by atoms with van der Waals surface area (Å²) in [6.07, 6.45) is 3.28. The van der Waals surface area contributed by atoms with E-state index in [0.29, 0.717) is 6.04 Å². The van der Waals surface area contributed by atoms with E-state index in [1.54, 1.807) is 11.3 Å². The Hall–Kier alpha value is -1.92. The van der Waals surface area contributed by atoms with Crippen molar-refractivity contribution in [1.29, 1.82) is 0 Å². The van der Waals surface area contributed by atoms with Gasteiger partial charge in [0.25, 0.3) is 0 Å². The molecule has 0 bridgehead atoms. The van der Waals surface area contributed by atoms with Crippen LogP contribution in [0.2, 0.25) is 0 Å². The lowest BCUT2D eigenvalue weighted by atomic mass is 10.0. The van der Waals surface area contributed by atoms with Crippen molar-refractivity contribution in [1.82, 2.24) is 20.5 Å². The minimum absolute atomic E-state index is 0.497. The van der Waals surface area contributed by atoms with Crippen molar-refractivity contribution in [2.24, 2.45) is 4.99 Å². The molecule has 2 N–H and O–H groups in total. The van der Waals surface area contributed by atoms with E-state index in [9.17, 15) is 0 Å². The number of rotatable bonds is 7. The van der Waals surface area contributed by atoms with E-state index in [1.807, 2.05) is 0 Å². The number of thiazole rings is 1. The maximum Gasteiger partial charge on any atom is 0.191 e. The Balaban J connectivity index is 1.45. The van der Waals surface area contributed by atoms with Gasteiger partial charge in [-0.15, -0.1) is 11.3 Å². The molecule has 3 rings (SSSR count). The molecule has 0 atom stereocenters. The first-order valence-corrected chi connectivity index (χ1v) is 11.2. The van der Waals surface area contributed by atoms with E-state index in [1.165, 1.54) is 10.4 Å². The lowest BCUT2D eigenvalue weighted by Gasteiger charge is -2.33. The van der Waals surface area contributed by atoms with Crippen molar-refractivity contribution in [3.05, 3.63) is 51.5 Å². The highest BCUT2D eigenvalue weighted by molar-refractivity contribution is 7.11. The van der Waals surface area contributed by atoms with Crippen molar-refractivity contribution < 1.29 is 0 Å². The fourth-order valence-corrected chi connectivity index (χ4v) is 4.59. The van der Waals surface area contributed by atoms with Crippen molar-refractivity contribution >= 4 is 17.3 Å². The molecule has 2 aromatic rings. The second-order valence-corrected chi connectivity index (χ2v) is 8.72. The molecule has 1 fully saturated rings. The molecule has 2 heterocycles. The van der Waals surface area contributed by atoms with Crippen LogP contribution < -0.4 is 10.6 Å². The standard InChI is InChI=1S/C22H33N5S/c1-4-23-22(24-13-10-21-17(2)25-18(3)28-21)26-20-11-14-27(15-12-20)16-19-8-6-5-7-9-19/h5-9,20H,4,10-16H2,1-3H3,(H2,23,24,26). The Morgan fingerprint density at radius 2 is 1.96 bits per heavy atom. The summed E-state index contributed by atoms with van der Waals surface area (Å²) in [5, 5.41) is 8.19. The number of piperidine rings is 1. The second-order valence-electron chi connectivity index (χ2n) is 7.43. The van der Waals surface area contributed by atoms with Crippen LogP contribution in [0.5, 0.6) is 0 Å². The summed E-state index contributed by atoms with van der Waals surface area (Å²) in [5.41, 5.74) is 2.55. The van der Waals surface area contributed by atoms with E-state index < -0.39 is 0 Å². The van der Waals surface area contributed by atoms with Crippen molar-refractivity contribution in [2.75, 3.05) is 26.2 Å². The molecule has 6 heteroatoms. The molecule has 0 unspecified atom stereocenters. The van der Waals surface area contributed by atoms with Gasteiger partial charge in [0.1, 0.15) is 0 Å². The number of aliphatic imine (C=N–C) groups is 1. The number of aromatic nitrogens is 1. The molecule has 0 radical (unpaired) electrons. The van der Waals surface area contributed by atoms with Crippen LogP contribution in [0.25, 0.3) is 0 Å². The van der Waals surface area contributed by atoms with E-state index in [2.05, 4.69) is 71.6 Å². The molecule has 0 spiro atoms. The maximum absolute atomic E-state index is 4.80. The molecule has 0 amide bonds. The molecule has 1 aliphatic rings. The molecule has 1 saturated heterocycles. The van der Waals surface area contributed by atoms with Gasteiger partial charge in [-0.1, -0.05) is 30.3 Å². The van der Waals surface area contributed by atoms with Gasteiger partial charge >= 0.3 is 0 Å². The molecule has 0 aliphatic carbocycles. The molecular weight excluding hydrogens is 366 g/mol. The van der Waals surface area contributed by atoms with Gasteiger partial charge in [0.05, 0.1) is 10.7 Å². The number of aryl methyl sites for hydroxylation is 2. The third-order valence-corrected chi connectivity index (χ3v) is 6.26. The van der Waals surface area contributed by atoms with E-state index in [4.69, 9.17) is 4.99 Å². The molecule has 1 aromatic carbocycles. The smallest absolute Gasteiger partial charge is 0.191 e. The van der Waals surface area contributed by atoms with Crippen LogP contribution in [-0.2, 0) is 13.0 Å². The summed E-state index contributed by atoms with van der Waals surface area (Å²) >= 11 is 1.79. The van der Waals surface area contributed by atoms with Gasteiger partial charge in [0, 0.05) is 50.1 Å². The number of likely N-dealkylation sites (tertiary alicyclic amines) is 1. The van der Waals surface area contributed by atoms with Gasteiger partial charge in [0.2, 0.25) is 0 Å². The van der Waals surface area contributed by atoms with Crippen molar-refractivity contribution in [3.8, 4) is 0 Å². The van der Waals surface area contributed by atoms with E-state index in [0.717, 1.165) is 68.6 Å². The SMILES string of the molecule is CCNC(=NCCc1sc(C)nc1C)NC1CCN(Cc2ccccc2)CC1. The average Bonchev–Trinajstić information content (AvgIpc) is 3.01. The zero-order valence-corrected chi connectivity index (χ0v) is 18.2. The van der Waals surface area contributed by atoms with E-state index >= 15 is 0 Å². The number of hydrogen-bond acceptors (Lipinski definition) is 4. The average molecular weight is 400 g/mol. The summed E-state index contributed by atoms with van der Waals surface area (Å²) in [6, 6.07) is 11.3. The second kappa shape index (κ2) is 10.6.